The van der Waals surface area contributed by atoms with E-state index in [1.807, 2.05) is 36.4 Å². The Morgan fingerprint density at radius 2 is 1.69 bits per heavy atom. The van der Waals surface area contributed by atoms with Crippen LogP contribution < -0.4 is 16.4 Å². The fourth-order valence-corrected chi connectivity index (χ4v) is 3.27. The Morgan fingerprint density at radius 3 is 2.38 bits per heavy atom. The third-order valence-corrected chi connectivity index (χ3v) is 4.68. The molecule has 4 N–H and O–H groups in total. The summed E-state index contributed by atoms with van der Waals surface area (Å²) in [5.41, 5.74) is 11.1. The minimum atomic E-state index is -0.403. The van der Waals surface area contributed by atoms with Gasteiger partial charge in [-0.2, -0.15) is 0 Å². The molecule has 0 aliphatic carbocycles. The first-order valence-electron chi connectivity index (χ1n) is 9.03. The maximum Gasteiger partial charge on any atom is 0.337 e. The highest BCUT2D eigenvalue weighted by Gasteiger charge is 2.28. The Kier molecular flexibility index (Phi) is 4.75. The van der Waals surface area contributed by atoms with Crippen LogP contribution in [-0.2, 0) is 9.53 Å². The summed E-state index contributed by atoms with van der Waals surface area (Å²) in [6.45, 7) is 0. The van der Waals surface area contributed by atoms with E-state index in [9.17, 15) is 9.59 Å². The maximum atomic E-state index is 12.8. The SMILES string of the molecule is COC(=O)c1ccc(N/C(=C2\C(=O)Nc3cc(N)ccc32)c2ccccc2)cc1. The van der Waals surface area contributed by atoms with Crippen LogP contribution in [0.2, 0.25) is 0 Å². The predicted molar refractivity (Wildman–Crippen MR) is 114 cm³/mol. The van der Waals surface area contributed by atoms with Crippen LogP contribution in [0.3, 0.4) is 0 Å². The van der Waals surface area contributed by atoms with Crippen molar-refractivity contribution in [2.45, 2.75) is 0 Å². The molecule has 4 rings (SSSR count). The summed E-state index contributed by atoms with van der Waals surface area (Å²) in [6.07, 6.45) is 0. The zero-order valence-electron chi connectivity index (χ0n) is 15.7. The highest BCUT2D eigenvalue weighted by atomic mass is 16.5. The van der Waals surface area contributed by atoms with Gasteiger partial charge in [0.15, 0.2) is 0 Å². The monoisotopic (exact) mass is 385 g/mol. The summed E-state index contributed by atoms with van der Waals surface area (Å²) in [7, 11) is 1.34. The molecular formula is C23H19N3O3. The van der Waals surface area contributed by atoms with Crippen LogP contribution in [0.4, 0.5) is 17.1 Å². The highest BCUT2D eigenvalue weighted by molar-refractivity contribution is 6.37. The molecule has 6 heteroatoms. The number of fused-ring (bicyclic) bond motifs is 1. The molecule has 0 aromatic heterocycles. The van der Waals surface area contributed by atoms with Crippen LogP contribution in [0.25, 0.3) is 11.3 Å². The van der Waals surface area contributed by atoms with Gasteiger partial charge in [-0.15, -0.1) is 0 Å². The van der Waals surface area contributed by atoms with Gasteiger partial charge in [-0.25, -0.2) is 4.79 Å². The highest BCUT2D eigenvalue weighted by Crippen LogP contribution is 2.38. The molecule has 1 aliphatic rings. The van der Waals surface area contributed by atoms with E-state index in [-0.39, 0.29) is 5.91 Å². The summed E-state index contributed by atoms with van der Waals surface area (Å²) in [4.78, 5) is 24.5. The Hall–Kier alpha value is -4.06. The predicted octanol–water partition coefficient (Wildman–Crippen LogP) is 3.99. The van der Waals surface area contributed by atoms with E-state index in [2.05, 4.69) is 10.6 Å². The lowest BCUT2D eigenvalue weighted by Crippen LogP contribution is -2.10. The number of amides is 1. The fraction of sp³-hybridized carbons (Fsp3) is 0.0435. The number of carbonyl (C=O) groups excluding carboxylic acids is 2. The van der Waals surface area contributed by atoms with Crippen LogP contribution in [-0.4, -0.2) is 19.0 Å². The fourth-order valence-electron chi connectivity index (χ4n) is 3.27. The third kappa shape index (κ3) is 3.55. The topological polar surface area (TPSA) is 93.4 Å². The molecule has 0 radical (unpaired) electrons. The molecule has 3 aromatic rings. The van der Waals surface area contributed by atoms with Crippen molar-refractivity contribution in [2.24, 2.45) is 0 Å². The molecule has 0 spiro atoms. The minimum absolute atomic E-state index is 0.205. The van der Waals surface area contributed by atoms with E-state index in [1.54, 1.807) is 36.4 Å². The van der Waals surface area contributed by atoms with Crippen LogP contribution in [0, 0.1) is 0 Å². The number of benzene rings is 3. The van der Waals surface area contributed by atoms with Crippen molar-refractivity contribution in [3.05, 3.63) is 89.5 Å². The lowest BCUT2D eigenvalue weighted by atomic mass is 9.99. The van der Waals surface area contributed by atoms with Crippen LogP contribution in [0.15, 0.2) is 72.8 Å². The first kappa shape index (κ1) is 18.3. The van der Waals surface area contributed by atoms with Crippen molar-refractivity contribution >= 4 is 40.2 Å². The van der Waals surface area contributed by atoms with Gasteiger partial charge in [-0.1, -0.05) is 30.3 Å². The molecule has 144 valence electrons. The second-order valence-corrected chi connectivity index (χ2v) is 6.57. The molecule has 0 atom stereocenters. The molecule has 0 saturated heterocycles. The summed E-state index contributed by atoms with van der Waals surface area (Å²) in [5.74, 6) is -0.608. The molecule has 29 heavy (non-hydrogen) atoms. The van der Waals surface area contributed by atoms with Crippen molar-refractivity contribution < 1.29 is 14.3 Å². The van der Waals surface area contributed by atoms with E-state index < -0.39 is 5.97 Å². The molecule has 3 aromatic carbocycles. The van der Waals surface area contributed by atoms with Gasteiger partial charge in [0.2, 0.25) is 0 Å². The van der Waals surface area contributed by atoms with Gasteiger partial charge in [0.05, 0.1) is 29.6 Å². The number of hydrogen-bond acceptors (Lipinski definition) is 5. The molecule has 6 nitrogen and oxygen atoms in total. The van der Waals surface area contributed by atoms with Gasteiger partial charge < -0.3 is 21.1 Å². The van der Waals surface area contributed by atoms with Crippen molar-refractivity contribution in [3.63, 3.8) is 0 Å². The summed E-state index contributed by atoms with van der Waals surface area (Å²) < 4.78 is 4.74. The lowest BCUT2D eigenvalue weighted by Gasteiger charge is -2.15. The summed E-state index contributed by atoms with van der Waals surface area (Å²) in [6, 6.07) is 21.8. The van der Waals surface area contributed by atoms with Gasteiger partial charge in [-0.3, -0.25) is 4.79 Å². The molecule has 1 aliphatic heterocycles. The Morgan fingerprint density at radius 1 is 0.966 bits per heavy atom. The van der Waals surface area contributed by atoms with Crippen molar-refractivity contribution in [1.29, 1.82) is 0 Å². The second kappa shape index (κ2) is 7.52. The van der Waals surface area contributed by atoms with E-state index in [0.717, 1.165) is 16.8 Å². The molecule has 0 fully saturated rings. The Bertz CT molecular complexity index is 1120. The van der Waals surface area contributed by atoms with Gasteiger partial charge in [0.1, 0.15) is 0 Å². The number of ether oxygens (including phenoxy) is 1. The third-order valence-electron chi connectivity index (χ3n) is 4.68. The minimum Gasteiger partial charge on any atom is -0.465 e. The molecule has 0 unspecified atom stereocenters. The quantitative estimate of drug-likeness (QED) is 0.359. The average molecular weight is 385 g/mol. The molecular weight excluding hydrogens is 366 g/mol. The van der Waals surface area contributed by atoms with Gasteiger partial charge in [-0.05, 0) is 48.0 Å². The van der Waals surface area contributed by atoms with Crippen LogP contribution in [0.5, 0.6) is 0 Å². The molecule has 1 amide bonds. The number of esters is 1. The number of nitrogen functional groups attached to an aromatic ring is 1. The van der Waals surface area contributed by atoms with Crippen molar-refractivity contribution in [1.82, 2.24) is 0 Å². The Balaban J connectivity index is 1.81. The van der Waals surface area contributed by atoms with Crippen molar-refractivity contribution in [2.75, 3.05) is 23.5 Å². The standard InChI is InChI=1S/C23H19N3O3/c1-29-23(28)15-7-10-17(11-8-15)25-21(14-5-3-2-4-6-14)20-18-12-9-16(24)13-19(18)26-22(20)27/h2-13,25H,24H2,1H3,(H,26,27)/b21-20-. The van der Waals surface area contributed by atoms with E-state index in [0.29, 0.717) is 28.2 Å². The first-order chi connectivity index (χ1) is 14.1. The van der Waals surface area contributed by atoms with E-state index in [4.69, 9.17) is 10.5 Å². The average Bonchev–Trinajstić information content (AvgIpc) is 3.07. The summed E-state index contributed by atoms with van der Waals surface area (Å²) >= 11 is 0. The van der Waals surface area contributed by atoms with Crippen molar-refractivity contribution in [3.8, 4) is 0 Å². The number of anilines is 3. The molecule has 0 saturated carbocycles. The summed E-state index contributed by atoms with van der Waals surface area (Å²) in [5, 5.41) is 6.22. The van der Waals surface area contributed by atoms with E-state index >= 15 is 0 Å². The zero-order chi connectivity index (χ0) is 20.4. The van der Waals surface area contributed by atoms with Gasteiger partial charge in [0.25, 0.3) is 5.91 Å². The zero-order valence-corrected chi connectivity index (χ0v) is 15.7. The van der Waals surface area contributed by atoms with Crippen LogP contribution in [0.1, 0.15) is 21.5 Å². The maximum absolute atomic E-state index is 12.8. The number of nitrogens with one attached hydrogen (secondary N) is 2. The number of hydrogen-bond donors (Lipinski definition) is 3. The number of nitrogens with two attached hydrogens (primary N) is 1. The lowest BCUT2D eigenvalue weighted by molar-refractivity contribution is -0.110. The van der Waals surface area contributed by atoms with Gasteiger partial charge in [0, 0.05) is 16.9 Å². The smallest absolute Gasteiger partial charge is 0.337 e. The molecule has 0 bridgehead atoms. The van der Waals surface area contributed by atoms with Gasteiger partial charge >= 0.3 is 5.97 Å². The van der Waals surface area contributed by atoms with Crippen LogP contribution >= 0.6 is 0 Å². The van der Waals surface area contributed by atoms with E-state index in [1.165, 1.54) is 7.11 Å². The number of rotatable bonds is 4. The normalized spacial score (nSPS) is 14.0. The number of methoxy groups -OCH3 is 1. The molecule has 1 heterocycles. The Labute approximate surface area is 168 Å². The largest absolute Gasteiger partial charge is 0.465 e. The number of carbonyl (C=O) groups is 2. The second-order valence-electron chi connectivity index (χ2n) is 6.57. The first-order valence-corrected chi connectivity index (χ1v) is 9.03.